The maximum atomic E-state index is 11.4. The number of hydrogen-bond donors (Lipinski definition) is 1. The van der Waals surface area contributed by atoms with Gasteiger partial charge in [-0.2, -0.15) is 0 Å². The molecule has 1 amide bonds. The maximum Gasteiger partial charge on any atom is 0.427 e. The van der Waals surface area contributed by atoms with Gasteiger partial charge in [0.1, 0.15) is 14.8 Å². The average molecular weight is 340 g/mol. The second-order valence-corrected chi connectivity index (χ2v) is 5.55. The molecule has 0 aliphatic rings. The second kappa shape index (κ2) is 4.57. The van der Waals surface area contributed by atoms with Crippen molar-refractivity contribution in [3.63, 3.8) is 0 Å². The highest BCUT2D eigenvalue weighted by atomic mass is 79.9. The molecular weight excluding hydrogens is 328 g/mol. The molecule has 4 nitrogen and oxygen atoms in total. The molecule has 0 saturated heterocycles. The van der Waals surface area contributed by atoms with E-state index in [1.165, 1.54) is 4.68 Å². The zero-order valence-electron chi connectivity index (χ0n) is 8.67. The molecular formula is C9H12Br2N2O2. The minimum absolute atomic E-state index is 0.500. The fourth-order valence-electron chi connectivity index (χ4n) is 0.888. The lowest BCUT2D eigenvalue weighted by Crippen LogP contribution is -2.31. The first-order valence-corrected chi connectivity index (χ1v) is 5.91. The van der Waals surface area contributed by atoms with Crippen LogP contribution in [-0.2, 0) is 4.74 Å². The Hall–Kier alpha value is -0.490. The molecule has 0 aliphatic carbocycles. The highest BCUT2D eigenvalue weighted by Gasteiger charge is 2.17. The predicted octanol–water partition coefficient (Wildman–Crippen LogP) is 3.49. The lowest BCUT2D eigenvalue weighted by atomic mass is 10.2. The fraction of sp³-hybridized carbons (Fsp3) is 0.444. The smallest absolute Gasteiger partial charge is 0.427 e. The minimum atomic E-state index is -0.504. The highest BCUT2D eigenvalue weighted by molar-refractivity contribution is 9.11. The van der Waals surface area contributed by atoms with Crippen LogP contribution in [0.25, 0.3) is 0 Å². The van der Waals surface area contributed by atoms with Crippen LogP contribution in [0.3, 0.4) is 0 Å². The van der Waals surface area contributed by atoms with E-state index in [0.717, 1.165) is 9.21 Å². The van der Waals surface area contributed by atoms with Crippen LogP contribution >= 0.6 is 31.9 Å². The molecule has 0 bridgehead atoms. The van der Waals surface area contributed by atoms with Crippen LogP contribution in [0.1, 0.15) is 20.8 Å². The molecule has 0 saturated carbocycles. The summed E-state index contributed by atoms with van der Waals surface area (Å²) in [4.78, 5) is 11.4. The summed E-state index contributed by atoms with van der Waals surface area (Å²) in [6.07, 6.45) is -0.500. The van der Waals surface area contributed by atoms with Gasteiger partial charge in [0, 0.05) is 0 Å². The van der Waals surface area contributed by atoms with Gasteiger partial charge in [0.05, 0.1) is 0 Å². The van der Waals surface area contributed by atoms with Crippen molar-refractivity contribution in [1.29, 1.82) is 0 Å². The summed E-state index contributed by atoms with van der Waals surface area (Å²) in [6, 6.07) is 3.61. The molecule has 1 heterocycles. The van der Waals surface area contributed by atoms with Crippen molar-refractivity contribution < 1.29 is 9.53 Å². The largest absolute Gasteiger partial charge is 0.443 e. The Bertz CT molecular complexity index is 349. The number of carbonyl (C=O) groups is 1. The Morgan fingerprint density at radius 1 is 1.33 bits per heavy atom. The van der Waals surface area contributed by atoms with Gasteiger partial charge in [-0.1, -0.05) is 0 Å². The normalized spacial score (nSPS) is 11.3. The molecule has 0 aliphatic heterocycles. The van der Waals surface area contributed by atoms with E-state index in [1.54, 1.807) is 12.1 Å². The molecule has 1 aromatic rings. The molecule has 0 unspecified atom stereocenters. The molecule has 0 spiro atoms. The molecule has 0 aromatic carbocycles. The molecule has 6 heteroatoms. The van der Waals surface area contributed by atoms with E-state index in [0.29, 0.717) is 0 Å². The minimum Gasteiger partial charge on any atom is -0.443 e. The van der Waals surface area contributed by atoms with Crippen LogP contribution in [0.5, 0.6) is 0 Å². The molecule has 1 N–H and O–H groups in total. The van der Waals surface area contributed by atoms with E-state index >= 15 is 0 Å². The van der Waals surface area contributed by atoms with Gasteiger partial charge >= 0.3 is 6.09 Å². The third kappa shape index (κ3) is 3.87. The predicted molar refractivity (Wildman–Crippen MR) is 65.4 cm³/mol. The number of nitrogens with one attached hydrogen (secondary N) is 1. The van der Waals surface area contributed by atoms with Crippen LogP contribution in [0.4, 0.5) is 4.79 Å². The Labute approximate surface area is 105 Å². The average Bonchev–Trinajstić information content (AvgIpc) is 2.32. The zero-order valence-corrected chi connectivity index (χ0v) is 11.8. The Morgan fingerprint density at radius 3 is 2.20 bits per heavy atom. The summed E-state index contributed by atoms with van der Waals surface area (Å²) < 4.78 is 8.12. The monoisotopic (exact) mass is 338 g/mol. The molecule has 15 heavy (non-hydrogen) atoms. The third-order valence-corrected chi connectivity index (χ3v) is 2.63. The van der Waals surface area contributed by atoms with Crippen molar-refractivity contribution in [3.05, 3.63) is 21.3 Å². The van der Waals surface area contributed by atoms with Gasteiger partial charge in [0.15, 0.2) is 0 Å². The summed E-state index contributed by atoms with van der Waals surface area (Å²) in [5.74, 6) is 0. The van der Waals surface area contributed by atoms with Crippen LogP contribution < -0.4 is 5.43 Å². The molecule has 84 valence electrons. The number of rotatable bonds is 1. The zero-order chi connectivity index (χ0) is 11.6. The van der Waals surface area contributed by atoms with Gasteiger partial charge in [-0.15, -0.1) is 0 Å². The lowest BCUT2D eigenvalue weighted by Gasteiger charge is -2.20. The molecule has 0 fully saturated rings. The van der Waals surface area contributed by atoms with Crippen molar-refractivity contribution in [2.75, 3.05) is 5.43 Å². The van der Waals surface area contributed by atoms with E-state index in [4.69, 9.17) is 4.74 Å². The number of amides is 1. The summed E-state index contributed by atoms with van der Waals surface area (Å²) in [5.41, 5.74) is 2.07. The Balaban J connectivity index is 2.67. The first-order valence-electron chi connectivity index (χ1n) is 4.32. The highest BCUT2D eigenvalue weighted by Crippen LogP contribution is 2.19. The van der Waals surface area contributed by atoms with Gasteiger partial charge < -0.3 is 4.74 Å². The Morgan fingerprint density at radius 2 is 1.80 bits per heavy atom. The number of halogens is 2. The van der Waals surface area contributed by atoms with Crippen molar-refractivity contribution >= 4 is 38.0 Å². The standard InChI is InChI=1S/C9H12Br2N2O2/c1-9(2,3)15-8(14)12-13-6(10)4-5-7(13)11/h4-5H,1-3H3,(H,12,14). The topological polar surface area (TPSA) is 43.3 Å². The third-order valence-electron chi connectivity index (χ3n) is 1.39. The molecule has 1 aromatic heterocycles. The summed E-state index contributed by atoms with van der Waals surface area (Å²) in [5, 5.41) is 0. The van der Waals surface area contributed by atoms with Gasteiger partial charge in [-0.25, -0.2) is 14.9 Å². The number of carbonyl (C=O) groups excluding carboxylic acids is 1. The van der Waals surface area contributed by atoms with E-state index in [9.17, 15) is 4.79 Å². The second-order valence-electron chi connectivity index (χ2n) is 3.93. The van der Waals surface area contributed by atoms with Crippen LogP contribution in [0.15, 0.2) is 21.3 Å². The van der Waals surface area contributed by atoms with Crippen molar-refractivity contribution in [2.24, 2.45) is 0 Å². The van der Waals surface area contributed by atoms with Gasteiger partial charge in [0.25, 0.3) is 0 Å². The molecule has 0 radical (unpaired) electrons. The van der Waals surface area contributed by atoms with Crippen molar-refractivity contribution in [3.8, 4) is 0 Å². The van der Waals surface area contributed by atoms with Gasteiger partial charge in [-0.3, -0.25) is 0 Å². The van der Waals surface area contributed by atoms with Gasteiger partial charge in [0.2, 0.25) is 0 Å². The number of hydrogen-bond acceptors (Lipinski definition) is 2. The van der Waals surface area contributed by atoms with Crippen LogP contribution in [-0.4, -0.2) is 16.4 Å². The first-order chi connectivity index (χ1) is 6.79. The van der Waals surface area contributed by atoms with E-state index < -0.39 is 11.7 Å². The van der Waals surface area contributed by atoms with Crippen LogP contribution in [0, 0.1) is 0 Å². The molecule has 1 rings (SSSR count). The fourth-order valence-corrected chi connectivity index (χ4v) is 1.95. The summed E-state index contributed by atoms with van der Waals surface area (Å²) in [7, 11) is 0. The van der Waals surface area contributed by atoms with E-state index in [2.05, 4.69) is 37.3 Å². The SMILES string of the molecule is CC(C)(C)OC(=O)Nn1c(Br)ccc1Br. The van der Waals surface area contributed by atoms with Gasteiger partial charge in [-0.05, 0) is 64.8 Å². The summed E-state index contributed by atoms with van der Waals surface area (Å²) >= 11 is 6.58. The van der Waals surface area contributed by atoms with E-state index in [-0.39, 0.29) is 0 Å². The Kier molecular flexibility index (Phi) is 3.83. The first kappa shape index (κ1) is 12.6. The number of aromatic nitrogens is 1. The van der Waals surface area contributed by atoms with Crippen molar-refractivity contribution in [1.82, 2.24) is 4.68 Å². The van der Waals surface area contributed by atoms with Crippen molar-refractivity contribution in [2.45, 2.75) is 26.4 Å². The molecule has 0 atom stereocenters. The summed E-state index contributed by atoms with van der Waals surface area (Å²) in [6.45, 7) is 5.44. The number of nitrogens with zero attached hydrogens (tertiary/aromatic N) is 1. The lowest BCUT2D eigenvalue weighted by molar-refractivity contribution is 0.0612. The van der Waals surface area contributed by atoms with Crippen LogP contribution in [0.2, 0.25) is 0 Å². The number of ether oxygens (including phenoxy) is 1. The maximum absolute atomic E-state index is 11.4. The van der Waals surface area contributed by atoms with E-state index in [1.807, 2.05) is 20.8 Å². The quantitative estimate of drug-likeness (QED) is 0.851.